The molecule has 0 saturated carbocycles. The van der Waals surface area contributed by atoms with Crippen LogP contribution in [0.25, 0.3) is 4.83 Å². The van der Waals surface area contributed by atoms with E-state index in [1.54, 1.807) is 29.4 Å². The topological polar surface area (TPSA) is 114 Å². The minimum Gasteiger partial charge on any atom is -0.457 e. The molecule has 2 aromatic rings. The maximum absolute atomic E-state index is 13.1. The van der Waals surface area contributed by atoms with E-state index >= 15 is 0 Å². The van der Waals surface area contributed by atoms with E-state index in [2.05, 4.69) is 18.1 Å². The van der Waals surface area contributed by atoms with Crippen LogP contribution >= 0.6 is 34.7 Å². The summed E-state index contributed by atoms with van der Waals surface area (Å²) in [5, 5.41) is 10.6. The Labute approximate surface area is 245 Å². The summed E-state index contributed by atoms with van der Waals surface area (Å²) in [7, 11) is 0. The number of fused-ring (bicyclic) bond motifs is 2. The van der Waals surface area contributed by atoms with Gasteiger partial charge < -0.3 is 24.4 Å². The molecule has 3 aliphatic heterocycles. The molecule has 2 fully saturated rings. The average molecular weight is 607 g/mol. The molecule has 0 unspecified atom stereocenters. The number of hydrogen-bond donors (Lipinski definition) is 1. The largest absolute Gasteiger partial charge is 0.457 e. The van der Waals surface area contributed by atoms with Crippen molar-refractivity contribution in [3.63, 3.8) is 0 Å². The van der Waals surface area contributed by atoms with Crippen LogP contribution in [0.1, 0.15) is 25.1 Å². The molecule has 0 spiro atoms. The summed E-state index contributed by atoms with van der Waals surface area (Å²) < 4.78 is 12.6. The van der Waals surface area contributed by atoms with Crippen LogP contribution < -0.4 is 0 Å². The number of thioether (sulfide) groups is 1. The summed E-state index contributed by atoms with van der Waals surface area (Å²) in [5.41, 5.74) is 0.228. The van der Waals surface area contributed by atoms with Crippen LogP contribution in [0.3, 0.4) is 0 Å². The number of ether oxygens (including phenoxy) is 2. The molecule has 214 valence electrons. The van der Waals surface area contributed by atoms with Crippen molar-refractivity contribution in [3.05, 3.63) is 58.5 Å². The zero-order valence-corrected chi connectivity index (χ0v) is 24.6. The lowest BCUT2D eigenvalue weighted by molar-refractivity contribution is -0.164. The molecular formula is C27H31ClN4O6S2. The summed E-state index contributed by atoms with van der Waals surface area (Å²) in [6, 6.07) is -0.470. The normalized spacial score (nSPS) is 26.6. The highest BCUT2D eigenvalue weighted by atomic mass is 35.5. The van der Waals surface area contributed by atoms with Gasteiger partial charge in [0.25, 0.3) is 0 Å². The van der Waals surface area contributed by atoms with Crippen LogP contribution in [0.15, 0.2) is 48.3 Å². The van der Waals surface area contributed by atoms with E-state index in [1.807, 2.05) is 17.5 Å². The van der Waals surface area contributed by atoms with Crippen molar-refractivity contribution in [3.8, 4) is 0 Å². The molecule has 5 rings (SSSR count). The smallest absolute Gasteiger partial charge is 0.410 e. The van der Waals surface area contributed by atoms with Crippen molar-refractivity contribution in [1.82, 2.24) is 19.2 Å². The van der Waals surface area contributed by atoms with E-state index in [9.17, 15) is 19.5 Å². The van der Waals surface area contributed by atoms with Gasteiger partial charge in [0.2, 0.25) is 11.2 Å². The molecule has 0 bridgehead atoms. The number of halogens is 1. The fraction of sp³-hybridized carbons (Fsp3) is 0.481. The third kappa shape index (κ3) is 5.06. The first-order chi connectivity index (χ1) is 19.2. The average Bonchev–Trinajstić information content (AvgIpc) is 3.65. The first kappa shape index (κ1) is 28.7. The van der Waals surface area contributed by atoms with Gasteiger partial charge in [0.1, 0.15) is 23.7 Å². The first-order valence-electron chi connectivity index (χ1n) is 13.0. The van der Waals surface area contributed by atoms with Gasteiger partial charge in [0.15, 0.2) is 0 Å². The van der Waals surface area contributed by atoms with E-state index in [4.69, 9.17) is 21.1 Å². The predicted molar refractivity (Wildman–Crippen MR) is 153 cm³/mol. The van der Waals surface area contributed by atoms with E-state index in [1.165, 1.54) is 28.8 Å². The molecule has 40 heavy (non-hydrogen) atoms. The summed E-state index contributed by atoms with van der Waals surface area (Å²) >= 11 is 9.24. The van der Waals surface area contributed by atoms with Gasteiger partial charge in [-0.15, -0.1) is 23.1 Å². The number of hydrogen-bond acceptors (Lipinski definition) is 9. The molecular weight excluding hydrogens is 576 g/mol. The molecule has 2 aromatic heterocycles. The fourth-order valence-electron chi connectivity index (χ4n) is 5.79. The minimum atomic E-state index is -0.835. The second-order valence-corrected chi connectivity index (χ2v) is 13.0. The molecule has 0 aliphatic carbocycles. The van der Waals surface area contributed by atoms with Gasteiger partial charge in [0, 0.05) is 46.2 Å². The van der Waals surface area contributed by atoms with Crippen LogP contribution in [-0.2, 0) is 25.5 Å². The number of imidazole rings is 1. The van der Waals surface area contributed by atoms with Gasteiger partial charge in [0.05, 0.1) is 24.3 Å². The molecule has 6 atom stereocenters. The second kappa shape index (κ2) is 11.6. The van der Waals surface area contributed by atoms with Gasteiger partial charge in [-0.25, -0.2) is 14.6 Å². The summed E-state index contributed by atoms with van der Waals surface area (Å²) in [6.07, 6.45) is 6.64. The Morgan fingerprint density at radius 3 is 2.73 bits per heavy atom. The molecule has 13 heteroatoms. The van der Waals surface area contributed by atoms with Gasteiger partial charge in [-0.1, -0.05) is 32.2 Å². The van der Waals surface area contributed by atoms with E-state index in [0.29, 0.717) is 24.7 Å². The molecule has 0 radical (unpaired) electrons. The zero-order chi connectivity index (χ0) is 28.7. The van der Waals surface area contributed by atoms with Crippen molar-refractivity contribution >= 4 is 57.5 Å². The second-order valence-electron chi connectivity index (χ2n) is 10.1. The highest BCUT2D eigenvalue weighted by Gasteiger charge is 2.60. The van der Waals surface area contributed by atoms with Crippen molar-refractivity contribution in [1.29, 1.82) is 0 Å². The summed E-state index contributed by atoms with van der Waals surface area (Å²) in [4.78, 5) is 49.1. The number of aromatic nitrogens is 2. The fourth-order valence-corrected chi connectivity index (χ4v) is 8.63. The number of esters is 1. The highest BCUT2D eigenvalue weighted by Crippen LogP contribution is 2.52. The number of β-lactam (4-membered cyclic amide) rings is 1. The van der Waals surface area contributed by atoms with E-state index < -0.39 is 24.1 Å². The van der Waals surface area contributed by atoms with E-state index in [-0.39, 0.29) is 48.1 Å². The Morgan fingerprint density at radius 1 is 1.32 bits per heavy atom. The number of carbonyl (C=O) groups is 3. The highest BCUT2D eigenvalue weighted by molar-refractivity contribution is 8.03. The Kier molecular flexibility index (Phi) is 8.32. The number of amides is 2. The van der Waals surface area contributed by atoms with Gasteiger partial charge >= 0.3 is 12.1 Å². The molecule has 10 nitrogen and oxygen atoms in total. The molecule has 2 amide bonds. The Morgan fingerprint density at radius 2 is 2.05 bits per heavy atom. The number of carbonyl (C=O) groups excluding carboxylic acids is 3. The zero-order valence-electron chi connectivity index (χ0n) is 22.2. The standard InChI is InChI=1S/C27H31ClN4O6S2/c1-5-7-37-25(35)22-23(14(3)21-20(15(4)33)24(34)32(21)22)40-18-10-16(30(12-18)27(36)38-8-6-2)9-17-13-31-19(39-17)11-29-26(31)28/h5-6,11,13-16,18,20-21,33H,1-2,7-10,12H2,3-4H3/t14-,15-,16-,18+,20-,21-/m1/s1. The third-order valence-corrected chi connectivity index (χ3v) is 10.3. The molecule has 5 heterocycles. The maximum atomic E-state index is 13.1. The summed E-state index contributed by atoms with van der Waals surface area (Å²) in [5.74, 6) is -1.63. The maximum Gasteiger partial charge on any atom is 0.410 e. The predicted octanol–water partition coefficient (Wildman–Crippen LogP) is 3.89. The lowest BCUT2D eigenvalue weighted by Gasteiger charge is -2.46. The lowest BCUT2D eigenvalue weighted by atomic mass is 9.79. The monoisotopic (exact) mass is 606 g/mol. The van der Waals surface area contributed by atoms with Crippen LogP contribution in [0.5, 0.6) is 0 Å². The SMILES string of the molecule is C=CCOC(=O)C1=C(S[C@H]2C[C@@H](Cc3cn4c(Cl)ncc4s3)N(C(=O)OCC=C)C2)[C@H](C)[C@@H]2[C@@H]([C@@H](C)O)C(=O)N12. The number of thiazole rings is 1. The number of aliphatic hydroxyl groups is 1. The Balaban J connectivity index is 1.40. The molecule has 1 N–H and O–H groups in total. The van der Waals surface area contributed by atoms with Crippen molar-refractivity contribution in [2.75, 3.05) is 19.8 Å². The van der Waals surface area contributed by atoms with Crippen LogP contribution in [-0.4, -0.2) is 85.5 Å². The number of aliphatic hydroxyl groups excluding tert-OH is 1. The van der Waals surface area contributed by atoms with Crippen LogP contribution in [0, 0.1) is 11.8 Å². The first-order valence-corrected chi connectivity index (χ1v) is 15.1. The minimum absolute atomic E-state index is 0.0184. The lowest BCUT2D eigenvalue weighted by Crippen LogP contribution is -2.63. The molecule has 2 saturated heterocycles. The molecule has 3 aliphatic rings. The Hall–Kier alpha value is -2.80. The van der Waals surface area contributed by atoms with Crippen molar-refractivity contribution in [2.45, 2.75) is 50.1 Å². The van der Waals surface area contributed by atoms with Crippen LogP contribution in [0.4, 0.5) is 4.79 Å². The van der Waals surface area contributed by atoms with Gasteiger partial charge in [-0.3, -0.25) is 9.20 Å². The number of likely N-dealkylation sites (tertiary alicyclic amines) is 1. The van der Waals surface area contributed by atoms with Crippen molar-refractivity contribution in [2.24, 2.45) is 11.8 Å². The number of nitrogens with zero attached hydrogens (tertiary/aromatic N) is 4. The van der Waals surface area contributed by atoms with Gasteiger partial charge in [-0.2, -0.15) is 0 Å². The van der Waals surface area contributed by atoms with Crippen LogP contribution in [0.2, 0.25) is 5.28 Å². The molecule has 0 aromatic carbocycles. The van der Waals surface area contributed by atoms with Crippen molar-refractivity contribution < 1.29 is 29.0 Å². The summed E-state index contributed by atoms with van der Waals surface area (Å²) in [6.45, 7) is 11.3. The quantitative estimate of drug-likeness (QED) is 0.246. The van der Waals surface area contributed by atoms with E-state index in [0.717, 1.165) is 14.6 Å². The Bertz CT molecular complexity index is 1390. The number of rotatable bonds is 10. The third-order valence-electron chi connectivity index (χ3n) is 7.53. The van der Waals surface area contributed by atoms with Gasteiger partial charge in [-0.05, 0) is 24.9 Å².